The maximum absolute atomic E-state index is 14.0. The van der Waals surface area contributed by atoms with E-state index in [1.807, 2.05) is 0 Å². The molecule has 1 fully saturated rings. The fourth-order valence-corrected chi connectivity index (χ4v) is 4.29. The maximum atomic E-state index is 14.0. The average Bonchev–Trinajstić information content (AvgIpc) is 3.20. The van der Waals surface area contributed by atoms with E-state index in [0.29, 0.717) is 0 Å². The van der Waals surface area contributed by atoms with E-state index in [4.69, 9.17) is 16.0 Å². The number of nitrogens with one attached hydrogen (secondary N) is 1. The number of unbranched alkanes of at least 4 members (excludes halogenated alkanes) is 2. The van der Waals surface area contributed by atoms with Crippen molar-refractivity contribution in [2.75, 3.05) is 26.2 Å². The van der Waals surface area contributed by atoms with Gasteiger partial charge in [0.15, 0.2) is 0 Å². The number of nitrogens with two attached hydrogens (primary N) is 1. The van der Waals surface area contributed by atoms with Gasteiger partial charge < -0.3 is 15.4 Å². The van der Waals surface area contributed by atoms with Gasteiger partial charge in [-0.15, -0.1) is 0 Å². The zero-order chi connectivity index (χ0) is 22.6. The van der Waals surface area contributed by atoms with E-state index in [2.05, 4.69) is 23.9 Å². The Morgan fingerprint density at radius 1 is 1.23 bits per heavy atom. The van der Waals surface area contributed by atoms with Crippen molar-refractivity contribution in [2.45, 2.75) is 71.3 Å². The number of benzene rings is 1. The van der Waals surface area contributed by atoms with E-state index in [-0.39, 0.29) is 29.7 Å². The smallest absolute Gasteiger partial charge is 0.135 e. The van der Waals surface area contributed by atoms with E-state index in [1.54, 1.807) is 0 Å². The van der Waals surface area contributed by atoms with Crippen LogP contribution in [0.25, 0.3) is 5.70 Å². The maximum Gasteiger partial charge on any atom is 0.135 e. The second kappa shape index (κ2) is 13.5. The summed E-state index contributed by atoms with van der Waals surface area (Å²) in [4.78, 5) is 2.45. The Labute approximate surface area is 185 Å². The number of hydrogen-bond donors (Lipinski definition) is 2. The summed E-state index contributed by atoms with van der Waals surface area (Å²) >= 11 is 0. The summed E-state index contributed by atoms with van der Waals surface area (Å²) in [6.45, 7) is 7.54. The SMILES string of the molecule is CCCCCC(CCC)CCN1CCC(OC/C(N)=C(/N=N)c2ccc(F)cc2F)C1. The van der Waals surface area contributed by atoms with Crippen molar-refractivity contribution in [2.24, 2.45) is 16.8 Å². The minimum atomic E-state index is -0.790. The number of ether oxygens (including phenoxy) is 1. The molecule has 0 amide bonds. The number of likely N-dealkylation sites (tertiary alicyclic amines) is 1. The Morgan fingerprint density at radius 3 is 2.71 bits per heavy atom. The lowest BCUT2D eigenvalue weighted by Crippen LogP contribution is -2.26. The first kappa shape index (κ1) is 25.4. The third kappa shape index (κ3) is 8.30. The summed E-state index contributed by atoms with van der Waals surface area (Å²) in [5.41, 5.74) is 13.6. The van der Waals surface area contributed by atoms with Crippen LogP contribution in [0.2, 0.25) is 0 Å². The molecule has 7 heteroatoms. The van der Waals surface area contributed by atoms with Crippen molar-refractivity contribution in [1.29, 1.82) is 5.53 Å². The predicted octanol–water partition coefficient (Wildman–Crippen LogP) is 6.10. The fourth-order valence-electron chi connectivity index (χ4n) is 4.29. The molecule has 2 unspecified atom stereocenters. The van der Waals surface area contributed by atoms with Crippen molar-refractivity contribution in [3.63, 3.8) is 0 Å². The molecule has 5 nitrogen and oxygen atoms in total. The Bertz CT molecular complexity index is 726. The predicted molar refractivity (Wildman–Crippen MR) is 121 cm³/mol. The molecule has 0 aromatic heterocycles. The lowest BCUT2D eigenvalue weighted by molar-refractivity contribution is 0.0745. The van der Waals surface area contributed by atoms with Crippen LogP contribution in [-0.4, -0.2) is 37.2 Å². The lowest BCUT2D eigenvalue weighted by Gasteiger charge is -2.21. The van der Waals surface area contributed by atoms with Gasteiger partial charge >= 0.3 is 0 Å². The van der Waals surface area contributed by atoms with Crippen molar-refractivity contribution in [3.8, 4) is 0 Å². The van der Waals surface area contributed by atoms with Gasteiger partial charge in [-0.05, 0) is 37.4 Å². The molecule has 0 saturated carbocycles. The standard InChI is InChI=1S/C24H38F2N4O/c1-3-5-6-8-18(7-4-2)11-13-30-14-12-20(16-30)31-17-23(27)24(29-28)21-10-9-19(25)15-22(21)26/h9-10,15,18,20,28H,3-8,11-14,16-17,27H2,1-2H3/b24-23-,29-28?. The van der Waals surface area contributed by atoms with Crippen molar-refractivity contribution < 1.29 is 13.5 Å². The minimum absolute atomic E-state index is 0.00980. The van der Waals surface area contributed by atoms with Crippen LogP contribution in [0.3, 0.4) is 0 Å². The van der Waals surface area contributed by atoms with Crippen LogP contribution in [0.4, 0.5) is 8.78 Å². The fraction of sp³-hybridized carbons (Fsp3) is 0.667. The Balaban J connectivity index is 1.82. The summed E-state index contributed by atoms with van der Waals surface area (Å²) in [6, 6.07) is 3.13. The summed E-state index contributed by atoms with van der Waals surface area (Å²) in [6.07, 6.45) is 10.0. The molecule has 1 aliphatic rings. The average molecular weight is 437 g/mol. The van der Waals surface area contributed by atoms with Crippen LogP contribution in [0.5, 0.6) is 0 Å². The molecule has 1 aromatic carbocycles. The van der Waals surface area contributed by atoms with E-state index in [0.717, 1.165) is 44.1 Å². The third-order valence-corrected chi connectivity index (χ3v) is 6.07. The normalized spacial score (nSPS) is 18.8. The quantitative estimate of drug-likeness (QED) is 0.273. The van der Waals surface area contributed by atoms with E-state index in [1.165, 1.54) is 51.0 Å². The van der Waals surface area contributed by atoms with Crippen molar-refractivity contribution in [3.05, 3.63) is 41.1 Å². The third-order valence-electron chi connectivity index (χ3n) is 6.07. The number of rotatable bonds is 14. The molecule has 1 aromatic rings. The zero-order valence-corrected chi connectivity index (χ0v) is 19.0. The molecule has 1 heterocycles. The highest BCUT2D eigenvalue weighted by atomic mass is 19.1. The van der Waals surface area contributed by atoms with Crippen LogP contribution in [0.15, 0.2) is 29.0 Å². The Morgan fingerprint density at radius 2 is 2.03 bits per heavy atom. The van der Waals surface area contributed by atoms with Crippen LogP contribution in [-0.2, 0) is 4.74 Å². The minimum Gasteiger partial charge on any atom is -0.398 e. The lowest BCUT2D eigenvalue weighted by atomic mass is 9.93. The van der Waals surface area contributed by atoms with Gasteiger partial charge in [0.2, 0.25) is 0 Å². The molecule has 174 valence electrons. The molecule has 0 aliphatic carbocycles. The summed E-state index contributed by atoms with van der Waals surface area (Å²) in [5.74, 6) is -0.665. The monoisotopic (exact) mass is 436 g/mol. The van der Waals surface area contributed by atoms with Gasteiger partial charge in [0, 0.05) is 24.7 Å². The first-order valence-electron chi connectivity index (χ1n) is 11.6. The molecule has 2 atom stereocenters. The van der Waals surface area contributed by atoms with Gasteiger partial charge in [-0.25, -0.2) is 14.3 Å². The van der Waals surface area contributed by atoms with Crippen molar-refractivity contribution in [1.82, 2.24) is 4.90 Å². The second-order valence-electron chi connectivity index (χ2n) is 8.57. The van der Waals surface area contributed by atoms with Crippen LogP contribution >= 0.6 is 0 Å². The molecular formula is C24H38F2N4O. The molecule has 0 bridgehead atoms. The van der Waals surface area contributed by atoms with Crippen LogP contribution < -0.4 is 5.73 Å². The second-order valence-corrected chi connectivity index (χ2v) is 8.57. The molecule has 3 N–H and O–H groups in total. The van der Waals surface area contributed by atoms with Gasteiger partial charge in [-0.1, -0.05) is 52.4 Å². The highest BCUT2D eigenvalue weighted by Crippen LogP contribution is 2.24. The molecule has 0 spiro atoms. The zero-order valence-electron chi connectivity index (χ0n) is 19.0. The number of nitrogens with zero attached hydrogens (tertiary/aromatic N) is 2. The molecule has 1 aliphatic heterocycles. The van der Waals surface area contributed by atoms with E-state index >= 15 is 0 Å². The van der Waals surface area contributed by atoms with Gasteiger partial charge in [-0.2, -0.15) is 5.11 Å². The highest BCUT2D eigenvalue weighted by molar-refractivity contribution is 5.67. The molecule has 2 rings (SSSR count). The first-order valence-corrected chi connectivity index (χ1v) is 11.6. The molecule has 31 heavy (non-hydrogen) atoms. The largest absolute Gasteiger partial charge is 0.398 e. The summed E-state index contributed by atoms with van der Waals surface area (Å²) in [5, 5.41) is 3.36. The van der Waals surface area contributed by atoms with E-state index < -0.39 is 11.6 Å². The van der Waals surface area contributed by atoms with Gasteiger partial charge in [0.05, 0.1) is 18.4 Å². The number of hydrogen-bond acceptors (Lipinski definition) is 5. The Hall–Kier alpha value is -1.86. The van der Waals surface area contributed by atoms with Gasteiger partial charge in [-0.3, -0.25) is 0 Å². The molecule has 1 saturated heterocycles. The number of halogens is 2. The Kier molecular flexibility index (Phi) is 11.1. The molecule has 0 radical (unpaired) electrons. The van der Waals surface area contributed by atoms with Crippen LogP contribution in [0.1, 0.15) is 70.8 Å². The summed E-state index contributed by atoms with van der Waals surface area (Å²) in [7, 11) is 0. The summed E-state index contributed by atoms with van der Waals surface area (Å²) < 4.78 is 33.1. The highest BCUT2D eigenvalue weighted by Gasteiger charge is 2.24. The van der Waals surface area contributed by atoms with Gasteiger partial charge in [0.1, 0.15) is 17.3 Å². The first-order chi connectivity index (χ1) is 15.0. The molecular weight excluding hydrogens is 398 g/mol. The topological polar surface area (TPSA) is 74.7 Å². The van der Waals surface area contributed by atoms with Crippen LogP contribution in [0, 0.1) is 23.1 Å². The van der Waals surface area contributed by atoms with Crippen molar-refractivity contribution >= 4 is 5.70 Å². The van der Waals surface area contributed by atoms with E-state index in [9.17, 15) is 8.78 Å². The van der Waals surface area contributed by atoms with Gasteiger partial charge in [0.25, 0.3) is 0 Å².